The van der Waals surface area contributed by atoms with Crippen LogP contribution in [0.2, 0.25) is 0 Å². The molecule has 2 unspecified atom stereocenters. The van der Waals surface area contributed by atoms with Crippen LogP contribution in [0.4, 0.5) is 10.5 Å². The molecule has 2 rings (SSSR count). The lowest BCUT2D eigenvalue weighted by Crippen LogP contribution is -2.36. The number of urea groups is 1. The van der Waals surface area contributed by atoms with Gasteiger partial charge in [-0.1, -0.05) is 13.0 Å². The fraction of sp³-hybridized carbons (Fsp3) is 0.421. The average Bonchev–Trinajstić information content (AvgIpc) is 3.09. The topological polar surface area (TPSA) is 66.7 Å². The number of likely N-dealkylation sites (N-methyl/N-ethyl adjacent to an activating group) is 1. The Bertz CT molecular complexity index is 656. The van der Waals surface area contributed by atoms with E-state index in [1.807, 2.05) is 62.3 Å². The second-order valence-electron chi connectivity index (χ2n) is 6.19. The quantitative estimate of drug-likeness (QED) is 0.762. The first kappa shape index (κ1) is 18.9. The third-order valence-electron chi connectivity index (χ3n) is 3.96. The maximum absolute atomic E-state index is 12.2. The molecule has 0 spiro atoms. The van der Waals surface area contributed by atoms with Gasteiger partial charge in [0.15, 0.2) is 0 Å². The molecule has 0 saturated carbocycles. The highest BCUT2D eigenvalue weighted by molar-refractivity contribution is 5.89. The summed E-state index contributed by atoms with van der Waals surface area (Å²) in [4.78, 5) is 14.2. The van der Waals surface area contributed by atoms with Crippen molar-refractivity contribution in [3.8, 4) is 5.75 Å². The van der Waals surface area contributed by atoms with Gasteiger partial charge in [-0.15, -0.1) is 0 Å². The highest BCUT2D eigenvalue weighted by atomic mass is 16.5. The minimum atomic E-state index is -0.265. The normalized spacial score (nSPS) is 13.3. The molecule has 136 valence electrons. The summed E-state index contributed by atoms with van der Waals surface area (Å²) in [5.41, 5.74) is 0.692. The lowest BCUT2D eigenvalue weighted by atomic mass is 10.2. The van der Waals surface area contributed by atoms with Crippen molar-refractivity contribution in [2.75, 3.05) is 26.0 Å². The van der Waals surface area contributed by atoms with Crippen molar-refractivity contribution in [3.63, 3.8) is 0 Å². The Morgan fingerprint density at radius 3 is 2.72 bits per heavy atom. The number of hydrogen-bond donors (Lipinski definition) is 2. The van der Waals surface area contributed by atoms with Crippen molar-refractivity contribution in [2.45, 2.75) is 32.4 Å². The van der Waals surface area contributed by atoms with Gasteiger partial charge in [0.1, 0.15) is 11.5 Å². The number of hydrogen-bond acceptors (Lipinski definition) is 4. The fourth-order valence-corrected chi connectivity index (χ4v) is 2.35. The van der Waals surface area contributed by atoms with Crippen LogP contribution in [0.15, 0.2) is 47.1 Å². The van der Waals surface area contributed by atoms with Gasteiger partial charge in [-0.2, -0.15) is 0 Å². The van der Waals surface area contributed by atoms with Crippen LogP contribution in [0.1, 0.15) is 32.1 Å². The summed E-state index contributed by atoms with van der Waals surface area (Å²) < 4.78 is 11.2. The van der Waals surface area contributed by atoms with Crippen LogP contribution in [0.3, 0.4) is 0 Å². The molecule has 1 aromatic heterocycles. The first-order valence-electron chi connectivity index (χ1n) is 8.51. The van der Waals surface area contributed by atoms with Gasteiger partial charge in [-0.25, -0.2) is 4.79 Å². The van der Waals surface area contributed by atoms with E-state index in [1.165, 1.54) is 0 Å². The summed E-state index contributed by atoms with van der Waals surface area (Å²) in [7, 11) is 3.89. The van der Waals surface area contributed by atoms with Gasteiger partial charge < -0.3 is 19.8 Å². The summed E-state index contributed by atoms with van der Waals surface area (Å²) in [6.07, 6.45) is 2.70. The van der Waals surface area contributed by atoms with Crippen LogP contribution in [-0.2, 0) is 0 Å². The lowest BCUT2D eigenvalue weighted by molar-refractivity contribution is 0.217. The van der Waals surface area contributed by atoms with E-state index in [-0.39, 0.29) is 18.2 Å². The van der Waals surface area contributed by atoms with E-state index in [1.54, 1.807) is 6.26 Å². The Kier molecular flexibility index (Phi) is 6.89. The van der Waals surface area contributed by atoms with Crippen molar-refractivity contribution < 1.29 is 13.9 Å². The predicted molar refractivity (Wildman–Crippen MR) is 99.0 cm³/mol. The molecular formula is C19H27N3O3. The molecule has 6 nitrogen and oxygen atoms in total. The molecule has 0 fully saturated rings. The molecule has 1 heterocycles. The molecule has 0 aliphatic carbocycles. The van der Waals surface area contributed by atoms with Crippen molar-refractivity contribution in [3.05, 3.63) is 48.4 Å². The van der Waals surface area contributed by atoms with E-state index in [0.29, 0.717) is 12.2 Å². The van der Waals surface area contributed by atoms with E-state index < -0.39 is 0 Å². The Morgan fingerprint density at radius 1 is 1.28 bits per heavy atom. The highest BCUT2D eigenvalue weighted by Crippen LogP contribution is 2.20. The Labute approximate surface area is 149 Å². The second-order valence-corrected chi connectivity index (χ2v) is 6.19. The molecule has 6 heteroatoms. The summed E-state index contributed by atoms with van der Waals surface area (Å²) in [6, 6.07) is 10.8. The number of benzene rings is 1. The number of rotatable bonds is 8. The van der Waals surface area contributed by atoms with Crippen LogP contribution in [0.5, 0.6) is 5.75 Å². The average molecular weight is 345 g/mol. The Morgan fingerprint density at radius 2 is 2.08 bits per heavy atom. The minimum Gasteiger partial charge on any atom is -0.491 e. The SMILES string of the molecule is CCC(C)Oc1cccc(NC(=O)NCC(c2ccco2)N(C)C)c1. The molecule has 2 aromatic rings. The Hall–Kier alpha value is -2.47. The van der Waals surface area contributed by atoms with E-state index >= 15 is 0 Å². The number of ether oxygens (including phenoxy) is 1. The van der Waals surface area contributed by atoms with Gasteiger partial charge in [-0.3, -0.25) is 4.90 Å². The molecule has 2 amide bonds. The third-order valence-corrected chi connectivity index (χ3v) is 3.96. The lowest BCUT2D eigenvalue weighted by Gasteiger charge is -2.22. The van der Waals surface area contributed by atoms with Crippen LogP contribution in [-0.4, -0.2) is 37.7 Å². The summed E-state index contributed by atoms with van der Waals surface area (Å²) >= 11 is 0. The first-order chi connectivity index (χ1) is 12.0. The van der Waals surface area contributed by atoms with Crippen LogP contribution < -0.4 is 15.4 Å². The number of anilines is 1. The molecular weight excluding hydrogens is 318 g/mol. The van der Waals surface area contributed by atoms with Gasteiger partial charge in [-0.05, 0) is 51.7 Å². The molecule has 0 bridgehead atoms. The van der Waals surface area contributed by atoms with Crippen molar-refractivity contribution in [2.24, 2.45) is 0 Å². The first-order valence-corrected chi connectivity index (χ1v) is 8.51. The number of carbonyl (C=O) groups is 1. The van der Waals surface area contributed by atoms with E-state index in [4.69, 9.17) is 9.15 Å². The standard InChI is InChI=1S/C19H27N3O3/c1-5-14(2)25-16-9-6-8-15(12-16)21-19(23)20-13-17(22(3)4)18-10-7-11-24-18/h6-12,14,17H,5,13H2,1-4H3,(H2,20,21,23). The molecule has 0 saturated heterocycles. The van der Waals surface area contributed by atoms with E-state index in [2.05, 4.69) is 17.6 Å². The zero-order valence-corrected chi connectivity index (χ0v) is 15.3. The molecule has 0 aliphatic rings. The number of furan rings is 1. The zero-order valence-electron chi connectivity index (χ0n) is 15.3. The second kappa shape index (κ2) is 9.13. The number of carbonyl (C=O) groups excluding carboxylic acids is 1. The zero-order chi connectivity index (χ0) is 18.2. The van der Waals surface area contributed by atoms with Gasteiger partial charge in [0, 0.05) is 18.3 Å². The third kappa shape index (κ3) is 5.83. The maximum Gasteiger partial charge on any atom is 0.319 e. The van der Waals surface area contributed by atoms with Gasteiger partial charge in [0.25, 0.3) is 0 Å². The van der Waals surface area contributed by atoms with Crippen molar-refractivity contribution in [1.82, 2.24) is 10.2 Å². The number of amides is 2. The summed E-state index contributed by atoms with van der Waals surface area (Å²) in [5, 5.41) is 5.71. The largest absolute Gasteiger partial charge is 0.491 e. The molecule has 2 N–H and O–H groups in total. The number of nitrogens with zero attached hydrogens (tertiary/aromatic N) is 1. The van der Waals surface area contributed by atoms with Gasteiger partial charge >= 0.3 is 6.03 Å². The molecule has 0 aliphatic heterocycles. The van der Waals surface area contributed by atoms with Crippen molar-refractivity contribution in [1.29, 1.82) is 0 Å². The molecule has 1 aromatic carbocycles. The minimum absolute atomic E-state index is 0.0270. The smallest absolute Gasteiger partial charge is 0.319 e. The Balaban J connectivity index is 1.90. The fourth-order valence-electron chi connectivity index (χ4n) is 2.35. The van der Waals surface area contributed by atoms with Gasteiger partial charge in [0.05, 0.1) is 18.4 Å². The molecule has 25 heavy (non-hydrogen) atoms. The van der Waals surface area contributed by atoms with E-state index in [0.717, 1.165) is 17.9 Å². The van der Waals surface area contributed by atoms with Crippen LogP contribution in [0.25, 0.3) is 0 Å². The number of nitrogens with one attached hydrogen (secondary N) is 2. The van der Waals surface area contributed by atoms with Crippen LogP contribution in [0, 0.1) is 0 Å². The van der Waals surface area contributed by atoms with Gasteiger partial charge in [0.2, 0.25) is 0 Å². The molecule has 2 atom stereocenters. The van der Waals surface area contributed by atoms with E-state index in [9.17, 15) is 4.79 Å². The summed E-state index contributed by atoms with van der Waals surface area (Å²) in [6.45, 7) is 4.53. The summed E-state index contributed by atoms with van der Waals surface area (Å²) in [5.74, 6) is 1.56. The monoisotopic (exact) mass is 345 g/mol. The van der Waals surface area contributed by atoms with Crippen LogP contribution >= 0.6 is 0 Å². The highest BCUT2D eigenvalue weighted by Gasteiger charge is 2.17. The predicted octanol–water partition coefficient (Wildman–Crippen LogP) is 3.88. The maximum atomic E-state index is 12.2. The molecule has 0 radical (unpaired) electrons. The van der Waals surface area contributed by atoms with Crippen molar-refractivity contribution >= 4 is 11.7 Å².